The monoisotopic (exact) mass is 923 g/mol. The molecule has 3 rings (SSSR count). The Morgan fingerprint density at radius 1 is 1.13 bits per heavy atom. The van der Waals surface area contributed by atoms with Crippen molar-refractivity contribution in [2.75, 3.05) is 58.6 Å². The number of phosphoric ester groups is 1. The van der Waals surface area contributed by atoms with Crippen LogP contribution < -0.4 is 26.8 Å². The Labute approximate surface area is 344 Å². The smallest absolute Gasteiger partial charge is 0.490 e. The van der Waals surface area contributed by atoms with Gasteiger partial charge in [0.2, 0.25) is 5.91 Å². The first-order valence-corrected chi connectivity index (χ1v) is 21.8. The minimum atomic E-state index is -5.82. The van der Waals surface area contributed by atoms with E-state index in [2.05, 4.69) is 60.7 Å². The predicted molar refractivity (Wildman–Crippen MR) is 204 cm³/mol. The van der Waals surface area contributed by atoms with Gasteiger partial charge in [0.15, 0.2) is 6.23 Å². The molecule has 0 aliphatic carbocycles. The van der Waals surface area contributed by atoms with Crippen LogP contribution in [0.3, 0.4) is 0 Å². The third-order valence-corrected chi connectivity index (χ3v) is 11.1. The number of nitrogens with two attached hydrogens (primary N) is 1. The van der Waals surface area contributed by atoms with Crippen molar-refractivity contribution in [1.82, 2.24) is 20.2 Å². The van der Waals surface area contributed by atoms with Gasteiger partial charge in [0.1, 0.15) is 43.8 Å². The van der Waals surface area contributed by atoms with Gasteiger partial charge in [-0.3, -0.25) is 18.7 Å². The molecule has 5 unspecified atom stereocenters. The van der Waals surface area contributed by atoms with E-state index >= 15 is 0 Å². The second-order valence-electron chi connectivity index (χ2n) is 11.8. The largest absolute Gasteiger partial charge is 0.491 e. The van der Waals surface area contributed by atoms with Gasteiger partial charge in [-0.2, -0.15) is 13.6 Å². The van der Waals surface area contributed by atoms with Crippen LogP contribution in [-0.2, 0) is 50.6 Å². The summed E-state index contributed by atoms with van der Waals surface area (Å²) in [7, 11) is -17.0. The summed E-state index contributed by atoms with van der Waals surface area (Å²) in [5.74, 6) is 4.47. The number of nitrogen functional groups attached to an aromatic ring is 1. The van der Waals surface area contributed by atoms with Crippen LogP contribution in [0.25, 0.3) is 20.9 Å². The number of hydrogen-bond acceptors (Lipinski definition) is 18. The lowest BCUT2D eigenvalue weighted by Gasteiger charge is -2.21. The summed E-state index contributed by atoms with van der Waals surface area (Å²) in [6.45, 7) is -0.0427. The Balaban J connectivity index is 1.51. The summed E-state index contributed by atoms with van der Waals surface area (Å²) in [5.41, 5.74) is 22.8. The molecular weight excluding hydrogens is 883 g/mol. The molecule has 0 spiro atoms. The highest BCUT2D eigenvalue weighted by Crippen LogP contribution is 2.66. The zero-order valence-corrected chi connectivity index (χ0v) is 34.5. The predicted octanol–water partition coefficient (Wildman–Crippen LogP) is 1.47. The van der Waals surface area contributed by atoms with Crippen LogP contribution in [0.4, 0.5) is 5.82 Å². The summed E-state index contributed by atoms with van der Waals surface area (Å²) >= 11 is 0. The Hall–Kier alpha value is -4.93. The van der Waals surface area contributed by atoms with Crippen molar-refractivity contribution in [3.63, 3.8) is 0 Å². The molecule has 32 heteroatoms. The number of phosphoric acid groups is 3. The molecule has 2 aromatic rings. The maximum Gasteiger partial charge on any atom is 0.490 e. The molecule has 0 bridgehead atoms. The summed E-state index contributed by atoms with van der Waals surface area (Å²) in [6.07, 6.45) is -3.08. The Morgan fingerprint density at radius 3 is 2.61 bits per heavy atom. The van der Waals surface area contributed by atoms with Crippen molar-refractivity contribution in [2.45, 2.75) is 44.4 Å². The van der Waals surface area contributed by atoms with E-state index in [1.807, 2.05) is 6.92 Å². The summed E-state index contributed by atoms with van der Waals surface area (Å²) in [6, 6.07) is 6.40. The van der Waals surface area contributed by atoms with Gasteiger partial charge in [0.25, 0.3) is 5.91 Å². The number of amides is 2. The number of rotatable bonds is 25. The molecule has 1 aliphatic rings. The highest BCUT2D eigenvalue weighted by Gasteiger charge is 2.43. The fourth-order valence-electron chi connectivity index (χ4n) is 4.76. The number of azide groups is 2. The maximum atomic E-state index is 12.8. The van der Waals surface area contributed by atoms with Gasteiger partial charge in [-0.05, 0) is 35.7 Å². The van der Waals surface area contributed by atoms with Gasteiger partial charge in [-0.15, -0.1) is 0 Å². The second kappa shape index (κ2) is 24.5. The lowest BCUT2D eigenvalue weighted by molar-refractivity contribution is -0.126. The molecule has 8 N–H and O–H groups in total. The number of benzene rings is 1. The minimum absolute atomic E-state index is 0.00199. The first kappa shape index (κ1) is 50.4. The van der Waals surface area contributed by atoms with E-state index in [1.165, 1.54) is 6.07 Å². The number of aromatic nitrogens is 2. The van der Waals surface area contributed by atoms with E-state index in [1.54, 1.807) is 18.2 Å². The highest BCUT2D eigenvalue weighted by atomic mass is 31.3. The van der Waals surface area contributed by atoms with Gasteiger partial charge in [0.05, 0.1) is 38.0 Å². The Morgan fingerprint density at radius 2 is 1.90 bits per heavy atom. The van der Waals surface area contributed by atoms with Gasteiger partial charge in [0, 0.05) is 34.5 Å². The average molecular weight is 924 g/mol. The van der Waals surface area contributed by atoms with Crippen LogP contribution in [0.1, 0.15) is 41.9 Å². The third kappa shape index (κ3) is 18.7. The topological polar surface area (TPSA) is 423 Å². The number of anilines is 1. The van der Waals surface area contributed by atoms with Crippen LogP contribution in [0.2, 0.25) is 0 Å². The molecule has 1 fully saturated rings. The highest BCUT2D eigenvalue weighted by molar-refractivity contribution is 7.66. The first-order chi connectivity index (χ1) is 28.8. The van der Waals surface area contributed by atoms with Crippen molar-refractivity contribution < 1.29 is 79.7 Å². The van der Waals surface area contributed by atoms with Crippen LogP contribution in [0, 0.1) is 11.8 Å². The molecule has 61 heavy (non-hydrogen) atoms. The molecule has 1 aliphatic heterocycles. The zero-order valence-electron chi connectivity index (χ0n) is 31.8. The van der Waals surface area contributed by atoms with Crippen molar-refractivity contribution >= 4 is 41.1 Å². The first-order valence-electron chi connectivity index (χ1n) is 17.3. The molecule has 0 saturated carbocycles. The van der Waals surface area contributed by atoms with E-state index in [4.69, 9.17) is 50.3 Å². The molecule has 1 aromatic heterocycles. The van der Waals surface area contributed by atoms with Gasteiger partial charge < -0.3 is 59.6 Å². The van der Waals surface area contributed by atoms with Crippen molar-refractivity contribution in [2.24, 2.45) is 10.2 Å². The van der Waals surface area contributed by atoms with Gasteiger partial charge in [-0.1, -0.05) is 35.1 Å². The van der Waals surface area contributed by atoms with E-state index in [9.17, 15) is 37.9 Å². The van der Waals surface area contributed by atoms with Gasteiger partial charge >= 0.3 is 29.2 Å². The molecule has 2 amide bonds. The number of nitrogens with zero attached hydrogens (tertiary/aromatic N) is 8. The molecule has 2 heterocycles. The van der Waals surface area contributed by atoms with E-state index in [0.717, 1.165) is 17.2 Å². The third-order valence-electron chi connectivity index (χ3n) is 7.27. The second-order valence-corrected chi connectivity index (χ2v) is 16.2. The molecule has 1 saturated heterocycles. The molecule has 334 valence electrons. The van der Waals surface area contributed by atoms with E-state index in [-0.39, 0.29) is 50.1 Å². The fraction of sp³-hybridized carbons (Fsp3) is 0.517. The lowest BCUT2D eigenvalue weighted by atomic mass is 10.2. The van der Waals surface area contributed by atoms with E-state index in [0.29, 0.717) is 17.9 Å². The maximum absolute atomic E-state index is 12.8. The minimum Gasteiger partial charge on any atom is -0.491 e. The normalized spacial score (nSPS) is 18.5. The van der Waals surface area contributed by atoms with Crippen molar-refractivity contribution in [1.29, 1.82) is 0 Å². The number of nitrogens with one attached hydrogen (secondary N) is 2. The molecule has 29 nitrogen and oxygen atoms in total. The summed E-state index contributed by atoms with van der Waals surface area (Å²) in [4.78, 5) is 82.8. The SMILES string of the molecule is CCCNC(=O)c1cccc(OCC(N=[N+]=[N-])OCCOCC(=O)NCC#Cc2cn(C3CC(OCN=[N+]=[N-])[C@H](COP(=O)(O)OP(=O)(O)OP(=O)(O)O)O3)c(=O)nc2N)c1. The molecule has 6 atom stereocenters. The van der Waals surface area contributed by atoms with Crippen LogP contribution in [-0.4, -0.2) is 112 Å². The summed E-state index contributed by atoms with van der Waals surface area (Å²) in [5, 5.41) is 12.0. The number of ether oxygens (including phenoxy) is 5. The fourth-order valence-corrected chi connectivity index (χ4v) is 7.79. The lowest BCUT2D eigenvalue weighted by Crippen LogP contribution is -2.30. The molecule has 0 radical (unpaired) electrons. The standard InChI is InChI=1S/C29H40N11O18P3/c1-2-8-34-28(42)19-5-3-7-21(12-19)53-17-25(37-39-32)52-11-10-51-16-24(41)33-9-4-6-20-14-40(29(43)36-27(20)30)26-13-22(54-18-35-38-31)23(56-26)15-55-60(47,48)58-61(49,50)57-59(44,45)46/h3,5,7,12,14,22-23,25-26H,2,8-11,13,15-18H2,1H3,(H,33,41)(H,34,42)(H,47,48)(H,49,50)(H2,30,36,43)(H2,44,45,46)/t22?,23-,25?,26?/m0/s1. The van der Waals surface area contributed by atoms with Crippen LogP contribution >= 0.6 is 23.5 Å². The quantitative estimate of drug-likeness (QED) is 0.0185. The van der Waals surface area contributed by atoms with Crippen molar-refractivity contribution in [3.05, 3.63) is 73.0 Å². The number of carbonyl (C=O) groups is 2. The molecular formula is C29H40N11O18P3. The van der Waals surface area contributed by atoms with Crippen LogP contribution in [0.5, 0.6) is 5.75 Å². The van der Waals surface area contributed by atoms with Gasteiger partial charge in [-0.25, -0.2) is 18.5 Å². The average Bonchev–Trinajstić information content (AvgIpc) is 3.58. The summed E-state index contributed by atoms with van der Waals surface area (Å²) < 4.78 is 75.1. The Kier molecular flexibility index (Phi) is 20.3. The van der Waals surface area contributed by atoms with Crippen LogP contribution in [0.15, 0.2) is 45.5 Å². The number of carbonyl (C=O) groups excluding carboxylic acids is 2. The number of hydrogen-bond donors (Lipinski definition) is 7. The Bertz CT molecular complexity index is 2210. The zero-order chi connectivity index (χ0) is 45.1. The van der Waals surface area contributed by atoms with Crippen molar-refractivity contribution in [3.8, 4) is 17.6 Å². The van der Waals surface area contributed by atoms with E-state index < -0.39 is 79.7 Å². The molecule has 1 aromatic carbocycles.